The molecule has 0 aromatic heterocycles. The fourth-order valence-electron chi connectivity index (χ4n) is 2.06. The summed E-state index contributed by atoms with van der Waals surface area (Å²) in [7, 11) is 0. The topological polar surface area (TPSA) is 50.4 Å². The van der Waals surface area contributed by atoms with Gasteiger partial charge in [0.2, 0.25) is 5.91 Å². The average Bonchev–Trinajstić information content (AvgIpc) is 2.29. The Hall–Kier alpha value is -0.580. The number of hydrogen-bond donors (Lipinski definition) is 2. The zero-order valence-corrected chi connectivity index (χ0v) is 11.9. The lowest BCUT2D eigenvalue weighted by atomic mass is 10.0. The van der Waals surface area contributed by atoms with Crippen LogP contribution < -0.4 is 10.6 Å². The van der Waals surface area contributed by atoms with E-state index in [1.54, 1.807) is 6.08 Å². The molecule has 0 radical (unpaired) electrons. The van der Waals surface area contributed by atoms with Crippen molar-refractivity contribution in [3.63, 3.8) is 0 Å². The van der Waals surface area contributed by atoms with E-state index in [1.165, 1.54) is 0 Å². The van der Waals surface area contributed by atoms with E-state index in [-0.39, 0.29) is 18.3 Å². The summed E-state index contributed by atoms with van der Waals surface area (Å²) >= 11 is 0. The second-order valence-corrected chi connectivity index (χ2v) is 4.61. The second kappa shape index (κ2) is 10.4. The molecule has 1 saturated heterocycles. The van der Waals surface area contributed by atoms with Gasteiger partial charge < -0.3 is 15.4 Å². The largest absolute Gasteiger partial charge is 0.377 e. The van der Waals surface area contributed by atoms with Crippen molar-refractivity contribution >= 4 is 18.3 Å². The molecule has 2 unspecified atom stereocenters. The van der Waals surface area contributed by atoms with E-state index in [4.69, 9.17) is 4.74 Å². The van der Waals surface area contributed by atoms with Crippen LogP contribution in [-0.2, 0) is 9.53 Å². The maximum atomic E-state index is 11.6. The Labute approximate surface area is 116 Å². The lowest BCUT2D eigenvalue weighted by Gasteiger charge is -2.28. The van der Waals surface area contributed by atoms with Gasteiger partial charge >= 0.3 is 0 Å². The van der Waals surface area contributed by atoms with Crippen LogP contribution in [0.1, 0.15) is 32.6 Å². The molecule has 1 heterocycles. The van der Waals surface area contributed by atoms with Gasteiger partial charge in [-0.15, -0.1) is 19.0 Å². The highest BCUT2D eigenvalue weighted by Gasteiger charge is 2.19. The van der Waals surface area contributed by atoms with Gasteiger partial charge in [-0.05, 0) is 32.7 Å². The molecule has 18 heavy (non-hydrogen) atoms. The van der Waals surface area contributed by atoms with Gasteiger partial charge in [0.1, 0.15) is 0 Å². The van der Waals surface area contributed by atoms with Crippen molar-refractivity contribution in [3.05, 3.63) is 12.7 Å². The highest BCUT2D eigenvalue weighted by Crippen LogP contribution is 2.08. The van der Waals surface area contributed by atoms with Crippen LogP contribution >= 0.6 is 12.4 Å². The normalized spacial score (nSPS) is 22.9. The molecule has 0 aliphatic carbocycles. The van der Waals surface area contributed by atoms with Crippen LogP contribution in [-0.4, -0.2) is 37.7 Å². The zero-order chi connectivity index (χ0) is 12.5. The SMILES string of the molecule is C=CCOCCCC(=O)NC1CCNC(C)C1.Cl. The molecule has 0 aromatic rings. The Bertz CT molecular complexity index is 249. The predicted molar refractivity (Wildman–Crippen MR) is 76.1 cm³/mol. The third kappa shape index (κ3) is 7.69. The Kier molecular flexibility index (Phi) is 10.0. The highest BCUT2D eigenvalue weighted by molar-refractivity contribution is 5.85. The van der Waals surface area contributed by atoms with Crippen molar-refractivity contribution in [3.8, 4) is 0 Å². The number of amides is 1. The van der Waals surface area contributed by atoms with Crippen molar-refractivity contribution < 1.29 is 9.53 Å². The van der Waals surface area contributed by atoms with Gasteiger partial charge in [0.25, 0.3) is 0 Å². The minimum atomic E-state index is 0. The van der Waals surface area contributed by atoms with Gasteiger partial charge in [-0.2, -0.15) is 0 Å². The predicted octanol–water partition coefficient (Wildman–Crippen LogP) is 1.65. The smallest absolute Gasteiger partial charge is 0.220 e. The summed E-state index contributed by atoms with van der Waals surface area (Å²) in [6, 6.07) is 0.845. The fraction of sp³-hybridized carbons (Fsp3) is 0.769. The molecule has 1 fully saturated rings. The van der Waals surface area contributed by atoms with Crippen LogP contribution in [0.3, 0.4) is 0 Å². The average molecular weight is 277 g/mol. The van der Waals surface area contributed by atoms with Crippen LogP contribution in [0.4, 0.5) is 0 Å². The third-order valence-corrected chi connectivity index (χ3v) is 2.92. The maximum absolute atomic E-state index is 11.6. The first-order valence-electron chi connectivity index (χ1n) is 6.43. The highest BCUT2D eigenvalue weighted by atomic mass is 35.5. The first-order chi connectivity index (χ1) is 8.22. The lowest BCUT2D eigenvalue weighted by molar-refractivity contribution is -0.122. The number of piperidine rings is 1. The van der Waals surface area contributed by atoms with Gasteiger partial charge in [0.05, 0.1) is 6.61 Å². The molecule has 0 saturated carbocycles. The summed E-state index contributed by atoms with van der Waals surface area (Å²) in [5, 5.41) is 6.46. The zero-order valence-electron chi connectivity index (χ0n) is 11.1. The fourth-order valence-corrected chi connectivity index (χ4v) is 2.06. The van der Waals surface area contributed by atoms with E-state index in [1.807, 2.05) is 0 Å². The molecular formula is C13H25ClN2O2. The minimum Gasteiger partial charge on any atom is -0.377 e. The van der Waals surface area contributed by atoms with Gasteiger partial charge in [-0.25, -0.2) is 0 Å². The number of nitrogens with one attached hydrogen (secondary N) is 2. The van der Waals surface area contributed by atoms with Gasteiger partial charge in [-0.3, -0.25) is 4.79 Å². The maximum Gasteiger partial charge on any atom is 0.220 e. The Morgan fingerprint density at radius 3 is 3.06 bits per heavy atom. The number of carbonyl (C=O) groups is 1. The van der Waals surface area contributed by atoms with Crippen molar-refractivity contribution in [1.82, 2.24) is 10.6 Å². The number of carbonyl (C=O) groups excluding carboxylic acids is 1. The number of ether oxygens (including phenoxy) is 1. The molecule has 0 bridgehead atoms. The van der Waals surface area contributed by atoms with Crippen molar-refractivity contribution in [2.75, 3.05) is 19.8 Å². The van der Waals surface area contributed by atoms with E-state index in [0.29, 0.717) is 31.7 Å². The van der Waals surface area contributed by atoms with Gasteiger partial charge in [-0.1, -0.05) is 6.08 Å². The molecule has 4 nitrogen and oxygen atoms in total. The third-order valence-electron chi connectivity index (χ3n) is 2.92. The monoisotopic (exact) mass is 276 g/mol. The first kappa shape index (κ1) is 17.4. The Balaban J connectivity index is 0.00000289. The molecule has 0 aromatic carbocycles. The van der Waals surface area contributed by atoms with E-state index >= 15 is 0 Å². The minimum absolute atomic E-state index is 0. The van der Waals surface area contributed by atoms with Gasteiger partial charge in [0, 0.05) is 25.1 Å². The summed E-state index contributed by atoms with van der Waals surface area (Å²) in [6.45, 7) is 7.91. The molecule has 1 aliphatic heterocycles. The van der Waals surface area contributed by atoms with Crippen LogP contribution in [0.15, 0.2) is 12.7 Å². The quantitative estimate of drug-likeness (QED) is 0.549. The van der Waals surface area contributed by atoms with Crippen molar-refractivity contribution in [2.24, 2.45) is 0 Å². The standard InChI is InChI=1S/C13H24N2O2.ClH/c1-3-8-17-9-4-5-13(16)15-12-6-7-14-11(2)10-12;/h3,11-12,14H,1,4-10H2,2H3,(H,15,16);1H. The molecule has 0 spiro atoms. The molecule has 2 atom stereocenters. The summed E-state index contributed by atoms with van der Waals surface area (Å²) in [5.41, 5.74) is 0. The Morgan fingerprint density at radius 1 is 1.61 bits per heavy atom. The van der Waals surface area contributed by atoms with Crippen LogP contribution in [0.25, 0.3) is 0 Å². The lowest BCUT2D eigenvalue weighted by Crippen LogP contribution is -2.46. The van der Waals surface area contributed by atoms with E-state index in [2.05, 4.69) is 24.1 Å². The van der Waals surface area contributed by atoms with Crippen LogP contribution in [0.2, 0.25) is 0 Å². The van der Waals surface area contributed by atoms with Crippen LogP contribution in [0, 0.1) is 0 Å². The summed E-state index contributed by atoms with van der Waals surface area (Å²) in [5.74, 6) is 0.145. The van der Waals surface area contributed by atoms with Gasteiger partial charge in [0.15, 0.2) is 0 Å². The summed E-state index contributed by atoms with van der Waals surface area (Å²) in [4.78, 5) is 11.6. The molecule has 1 aliphatic rings. The van der Waals surface area contributed by atoms with Crippen molar-refractivity contribution in [1.29, 1.82) is 0 Å². The van der Waals surface area contributed by atoms with Crippen LogP contribution in [0.5, 0.6) is 0 Å². The molecular weight excluding hydrogens is 252 g/mol. The summed E-state index contributed by atoms with van der Waals surface area (Å²) in [6.07, 6.45) is 5.11. The number of hydrogen-bond acceptors (Lipinski definition) is 3. The van der Waals surface area contributed by atoms with E-state index in [0.717, 1.165) is 25.8 Å². The Morgan fingerprint density at radius 2 is 2.39 bits per heavy atom. The molecule has 106 valence electrons. The number of rotatable bonds is 7. The molecule has 2 N–H and O–H groups in total. The first-order valence-corrected chi connectivity index (χ1v) is 6.43. The molecule has 1 rings (SSSR count). The van der Waals surface area contributed by atoms with Crippen molar-refractivity contribution in [2.45, 2.75) is 44.7 Å². The molecule has 1 amide bonds. The molecule has 5 heteroatoms. The number of halogens is 1. The van der Waals surface area contributed by atoms with E-state index in [9.17, 15) is 4.79 Å². The van der Waals surface area contributed by atoms with E-state index < -0.39 is 0 Å². The second-order valence-electron chi connectivity index (χ2n) is 4.61. The summed E-state index contributed by atoms with van der Waals surface area (Å²) < 4.78 is 5.23.